The first-order chi connectivity index (χ1) is 12.9. The molecule has 0 fully saturated rings. The van der Waals surface area contributed by atoms with Gasteiger partial charge in [0, 0.05) is 22.7 Å². The summed E-state index contributed by atoms with van der Waals surface area (Å²) in [5.74, 6) is 1.83. The number of ether oxygens (including phenoxy) is 4. The van der Waals surface area contributed by atoms with Gasteiger partial charge in [-0.2, -0.15) is 0 Å². The minimum absolute atomic E-state index is 0.131. The van der Waals surface area contributed by atoms with Gasteiger partial charge in [0.05, 0.1) is 38.0 Å². The van der Waals surface area contributed by atoms with E-state index >= 15 is 0 Å². The minimum atomic E-state index is -0.131. The first kappa shape index (κ1) is 18.8. The van der Waals surface area contributed by atoms with Gasteiger partial charge in [-0.25, -0.2) is 0 Å². The second-order valence-electron chi connectivity index (χ2n) is 5.90. The number of aryl methyl sites for hydroxylation is 1. The number of rotatable bonds is 6. The van der Waals surface area contributed by atoms with Crippen LogP contribution in [0.2, 0.25) is 0 Å². The van der Waals surface area contributed by atoms with Crippen molar-refractivity contribution < 1.29 is 23.7 Å². The normalized spacial score (nSPS) is 10.7. The van der Waals surface area contributed by atoms with Crippen LogP contribution in [0.25, 0.3) is 10.1 Å². The third-order valence-corrected chi connectivity index (χ3v) is 5.70. The van der Waals surface area contributed by atoms with E-state index in [1.807, 2.05) is 13.0 Å². The number of carbonyl (C=O) groups is 1. The standard InChI is InChI=1S/C20H21NO5S/c1-10-13-8-12(21)9-16(25-4)20(13)27-19(10)17(22)11-6-14(23-2)18(26-5)15(7-11)24-3/h6-9H,21H2,1-5H3. The molecule has 142 valence electrons. The number of nitrogens with two attached hydrogens (primary N) is 1. The van der Waals surface area contributed by atoms with E-state index in [0.29, 0.717) is 39.1 Å². The second kappa shape index (κ2) is 7.36. The zero-order valence-corrected chi connectivity index (χ0v) is 16.7. The second-order valence-corrected chi connectivity index (χ2v) is 6.92. The van der Waals surface area contributed by atoms with E-state index in [2.05, 4.69) is 0 Å². The molecule has 3 aromatic rings. The Morgan fingerprint density at radius 3 is 2.00 bits per heavy atom. The van der Waals surface area contributed by atoms with Gasteiger partial charge in [-0.05, 0) is 30.7 Å². The molecule has 0 unspecified atom stereocenters. The van der Waals surface area contributed by atoms with E-state index in [9.17, 15) is 4.79 Å². The molecule has 0 atom stereocenters. The lowest BCUT2D eigenvalue weighted by Gasteiger charge is -2.13. The topological polar surface area (TPSA) is 80.0 Å². The van der Waals surface area contributed by atoms with Crippen LogP contribution in [0.3, 0.4) is 0 Å². The van der Waals surface area contributed by atoms with Gasteiger partial charge < -0.3 is 24.7 Å². The van der Waals surface area contributed by atoms with Gasteiger partial charge in [-0.1, -0.05) is 0 Å². The van der Waals surface area contributed by atoms with Crippen LogP contribution in [0.5, 0.6) is 23.0 Å². The summed E-state index contributed by atoms with van der Waals surface area (Å²) in [6.45, 7) is 1.91. The van der Waals surface area contributed by atoms with Gasteiger partial charge in [0.15, 0.2) is 11.5 Å². The smallest absolute Gasteiger partial charge is 0.203 e. The third-order valence-electron chi connectivity index (χ3n) is 4.38. The molecule has 0 aliphatic rings. The molecule has 0 saturated heterocycles. The molecule has 0 bridgehead atoms. The molecule has 0 aliphatic carbocycles. The van der Waals surface area contributed by atoms with Crippen molar-refractivity contribution in [1.82, 2.24) is 0 Å². The van der Waals surface area contributed by atoms with E-state index in [-0.39, 0.29) is 5.78 Å². The Balaban J connectivity index is 2.18. The summed E-state index contributed by atoms with van der Waals surface area (Å²) in [6, 6.07) is 6.92. The Labute approximate surface area is 161 Å². The van der Waals surface area contributed by atoms with Crippen LogP contribution in [-0.2, 0) is 0 Å². The van der Waals surface area contributed by atoms with Crippen LogP contribution in [0.4, 0.5) is 5.69 Å². The predicted octanol–water partition coefficient (Wildman–Crippen LogP) is 4.06. The number of hydrogen-bond donors (Lipinski definition) is 1. The Morgan fingerprint density at radius 1 is 0.889 bits per heavy atom. The molecule has 27 heavy (non-hydrogen) atoms. The molecule has 6 nitrogen and oxygen atoms in total. The van der Waals surface area contributed by atoms with Gasteiger partial charge in [0.1, 0.15) is 5.75 Å². The minimum Gasteiger partial charge on any atom is -0.495 e. The quantitative estimate of drug-likeness (QED) is 0.508. The number of thiophene rings is 1. The number of ketones is 1. The van der Waals surface area contributed by atoms with E-state index in [4.69, 9.17) is 24.7 Å². The summed E-state index contributed by atoms with van der Waals surface area (Å²) in [7, 11) is 6.15. The van der Waals surface area contributed by atoms with Crippen LogP contribution in [0, 0.1) is 6.92 Å². The molecular formula is C20H21NO5S. The molecule has 0 aliphatic heterocycles. The lowest BCUT2D eigenvalue weighted by Crippen LogP contribution is -2.03. The SMILES string of the molecule is COc1cc(C(=O)c2sc3c(OC)cc(N)cc3c2C)cc(OC)c1OC. The van der Waals surface area contributed by atoms with E-state index in [0.717, 1.165) is 15.6 Å². The molecular weight excluding hydrogens is 366 g/mol. The van der Waals surface area contributed by atoms with Crippen molar-refractivity contribution in [2.75, 3.05) is 34.2 Å². The van der Waals surface area contributed by atoms with Crippen LogP contribution in [-0.4, -0.2) is 34.2 Å². The molecule has 0 amide bonds. The largest absolute Gasteiger partial charge is 0.495 e. The van der Waals surface area contributed by atoms with Crippen molar-refractivity contribution in [3.8, 4) is 23.0 Å². The number of anilines is 1. The lowest BCUT2D eigenvalue weighted by molar-refractivity contribution is 0.104. The van der Waals surface area contributed by atoms with Crippen LogP contribution in [0.1, 0.15) is 20.8 Å². The van der Waals surface area contributed by atoms with Gasteiger partial charge in [-0.3, -0.25) is 4.79 Å². The van der Waals surface area contributed by atoms with Crippen molar-refractivity contribution in [2.45, 2.75) is 6.92 Å². The summed E-state index contributed by atoms with van der Waals surface area (Å²) in [6.07, 6.45) is 0. The van der Waals surface area contributed by atoms with Crippen molar-refractivity contribution in [3.05, 3.63) is 40.3 Å². The van der Waals surface area contributed by atoms with Gasteiger partial charge >= 0.3 is 0 Å². The molecule has 1 aromatic heterocycles. The van der Waals surface area contributed by atoms with Gasteiger partial charge in [-0.15, -0.1) is 11.3 Å². The number of methoxy groups -OCH3 is 4. The summed E-state index contributed by atoms with van der Waals surface area (Å²) < 4.78 is 22.4. The van der Waals surface area contributed by atoms with Crippen molar-refractivity contribution in [3.63, 3.8) is 0 Å². The fourth-order valence-corrected chi connectivity index (χ4v) is 4.26. The molecule has 0 radical (unpaired) electrons. The number of hydrogen-bond acceptors (Lipinski definition) is 7. The zero-order chi connectivity index (χ0) is 19.7. The van der Waals surface area contributed by atoms with Gasteiger partial charge in [0.2, 0.25) is 11.5 Å². The average molecular weight is 387 g/mol. The Kier molecular flexibility index (Phi) is 5.14. The predicted molar refractivity (Wildman–Crippen MR) is 107 cm³/mol. The van der Waals surface area contributed by atoms with Crippen molar-refractivity contribution in [1.29, 1.82) is 0 Å². The number of benzene rings is 2. The van der Waals surface area contributed by atoms with Gasteiger partial charge in [0.25, 0.3) is 0 Å². The summed E-state index contributed by atoms with van der Waals surface area (Å²) >= 11 is 1.38. The molecule has 7 heteroatoms. The fraction of sp³-hybridized carbons (Fsp3) is 0.250. The Bertz CT molecular complexity index is 1000. The Hall–Kier alpha value is -2.93. The number of carbonyl (C=O) groups excluding carboxylic acids is 1. The summed E-state index contributed by atoms with van der Waals surface area (Å²) in [5, 5.41) is 0.910. The lowest BCUT2D eigenvalue weighted by atomic mass is 10.0. The van der Waals surface area contributed by atoms with Crippen LogP contribution in [0.15, 0.2) is 24.3 Å². The summed E-state index contributed by atoms with van der Waals surface area (Å²) in [5.41, 5.74) is 7.87. The molecule has 2 N–H and O–H groups in total. The van der Waals surface area contributed by atoms with E-state index in [1.54, 1.807) is 25.3 Å². The highest BCUT2D eigenvalue weighted by Crippen LogP contribution is 2.42. The van der Waals surface area contributed by atoms with Crippen molar-refractivity contribution in [2.24, 2.45) is 0 Å². The Morgan fingerprint density at radius 2 is 1.48 bits per heavy atom. The maximum absolute atomic E-state index is 13.2. The highest BCUT2D eigenvalue weighted by molar-refractivity contribution is 7.21. The maximum atomic E-state index is 13.2. The first-order valence-electron chi connectivity index (χ1n) is 8.16. The molecule has 0 spiro atoms. The van der Waals surface area contributed by atoms with Crippen LogP contribution >= 0.6 is 11.3 Å². The number of fused-ring (bicyclic) bond motifs is 1. The van der Waals surface area contributed by atoms with Crippen LogP contribution < -0.4 is 24.7 Å². The molecule has 3 rings (SSSR count). The third kappa shape index (κ3) is 3.14. The zero-order valence-electron chi connectivity index (χ0n) is 15.8. The number of nitrogen functional groups attached to an aromatic ring is 1. The maximum Gasteiger partial charge on any atom is 0.203 e. The first-order valence-corrected chi connectivity index (χ1v) is 8.98. The van der Waals surface area contributed by atoms with Crippen molar-refractivity contribution >= 4 is 32.9 Å². The molecule has 2 aromatic carbocycles. The highest BCUT2D eigenvalue weighted by atomic mass is 32.1. The molecule has 1 heterocycles. The molecule has 0 saturated carbocycles. The average Bonchev–Trinajstić information content (AvgIpc) is 3.01. The fourth-order valence-electron chi connectivity index (χ4n) is 3.02. The van der Waals surface area contributed by atoms with E-state index in [1.165, 1.54) is 32.7 Å². The monoisotopic (exact) mass is 387 g/mol. The highest BCUT2D eigenvalue weighted by Gasteiger charge is 2.23. The van der Waals surface area contributed by atoms with E-state index < -0.39 is 0 Å². The summed E-state index contributed by atoms with van der Waals surface area (Å²) in [4.78, 5) is 13.9.